The molecule has 0 aliphatic heterocycles. The fraction of sp³-hybridized carbons (Fsp3) is 0.500. The average Bonchev–Trinajstić information content (AvgIpc) is 2.48. The Morgan fingerprint density at radius 2 is 1.64 bits per heavy atom. The van der Waals surface area contributed by atoms with Crippen LogP contribution in [-0.4, -0.2) is 50.6 Å². The van der Waals surface area contributed by atoms with Gasteiger partial charge in [-0.3, -0.25) is 4.79 Å². The van der Waals surface area contributed by atoms with Crippen molar-refractivity contribution in [3.63, 3.8) is 0 Å². The molecule has 0 saturated carbocycles. The molecule has 124 valence electrons. The Kier molecular flexibility index (Phi) is 10.9. The third kappa shape index (κ3) is 10.3. The molecule has 0 rings (SSSR count). The van der Waals surface area contributed by atoms with Crippen molar-refractivity contribution in [2.45, 2.75) is 19.4 Å². The second-order valence-corrected chi connectivity index (χ2v) is 4.01. The van der Waals surface area contributed by atoms with Gasteiger partial charge in [0.1, 0.15) is 13.2 Å². The zero-order chi connectivity index (χ0) is 16.8. The van der Waals surface area contributed by atoms with E-state index in [1.54, 1.807) is 6.92 Å². The SMILES string of the molecule is C=CCOC(=O)NC[C@@H](CC(=O)OCC)NC(=O)OCC=C. The van der Waals surface area contributed by atoms with Gasteiger partial charge in [-0.2, -0.15) is 0 Å². The molecular formula is C14H22N2O6. The van der Waals surface area contributed by atoms with Gasteiger partial charge < -0.3 is 24.8 Å². The van der Waals surface area contributed by atoms with E-state index in [0.717, 1.165) is 0 Å². The van der Waals surface area contributed by atoms with E-state index < -0.39 is 24.2 Å². The maximum Gasteiger partial charge on any atom is 0.407 e. The highest BCUT2D eigenvalue weighted by Crippen LogP contribution is 1.96. The molecular weight excluding hydrogens is 292 g/mol. The van der Waals surface area contributed by atoms with Crippen LogP contribution in [0.4, 0.5) is 9.59 Å². The largest absolute Gasteiger partial charge is 0.466 e. The van der Waals surface area contributed by atoms with Crippen LogP contribution in [0.1, 0.15) is 13.3 Å². The average molecular weight is 314 g/mol. The van der Waals surface area contributed by atoms with Crippen LogP contribution in [0.5, 0.6) is 0 Å². The van der Waals surface area contributed by atoms with E-state index in [4.69, 9.17) is 14.2 Å². The van der Waals surface area contributed by atoms with Crippen LogP contribution in [0.15, 0.2) is 25.3 Å². The fourth-order valence-corrected chi connectivity index (χ4v) is 1.33. The first-order chi connectivity index (χ1) is 10.5. The Labute approximate surface area is 129 Å². The van der Waals surface area contributed by atoms with Gasteiger partial charge in [-0.15, -0.1) is 0 Å². The van der Waals surface area contributed by atoms with Gasteiger partial charge in [0.2, 0.25) is 0 Å². The number of esters is 1. The first-order valence-electron chi connectivity index (χ1n) is 6.74. The Hall–Kier alpha value is -2.51. The number of carbonyl (C=O) groups excluding carboxylic acids is 3. The first kappa shape index (κ1) is 19.5. The lowest BCUT2D eigenvalue weighted by Crippen LogP contribution is -2.45. The number of rotatable bonds is 10. The standard InChI is InChI=1S/C14H22N2O6/c1-4-7-21-13(18)15-10-11(9-12(17)20-6-3)16-14(19)22-8-5-2/h4-5,11H,1-2,6-10H2,3H3,(H,15,18)(H,16,19)/t11-/m1/s1. The second-order valence-electron chi connectivity index (χ2n) is 4.01. The summed E-state index contributed by atoms with van der Waals surface area (Å²) in [6.45, 7) is 8.79. The summed E-state index contributed by atoms with van der Waals surface area (Å²) in [5.41, 5.74) is 0. The summed E-state index contributed by atoms with van der Waals surface area (Å²) >= 11 is 0. The Morgan fingerprint density at radius 1 is 1.05 bits per heavy atom. The first-order valence-corrected chi connectivity index (χ1v) is 6.74. The molecule has 0 unspecified atom stereocenters. The minimum atomic E-state index is -0.726. The van der Waals surface area contributed by atoms with Crippen molar-refractivity contribution >= 4 is 18.2 Å². The number of carbonyl (C=O) groups is 3. The van der Waals surface area contributed by atoms with Gasteiger partial charge >= 0.3 is 18.2 Å². The summed E-state index contributed by atoms with van der Waals surface area (Å²) in [4.78, 5) is 34.3. The van der Waals surface area contributed by atoms with Gasteiger partial charge in [-0.05, 0) is 6.92 Å². The van der Waals surface area contributed by atoms with E-state index in [2.05, 4.69) is 23.8 Å². The molecule has 0 aliphatic carbocycles. The minimum Gasteiger partial charge on any atom is -0.466 e. The zero-order valence-corrected chi connectivity index (χ0v) is 12.6. The van der Waals surface area contributed by atoms with Crippen molar-refractivity contribution in [1.29, 1.82) is 0 Å². The Balaban J connectivity index is 4.40. The van der Waals surface area contributed by atoms with Crippen molar-refractivity contribution in [3.05, 3.63) is 25.3 Å². The van der Waals surface area contributed by atoms with E-state index >= 15 is 0 Å². The monoisotopic (exact) mass is 314 g/mol. The molecule has 0 fully saturated rings. The van der Waals surface area contributed by atoms with E-state index in [1.165, 1.54) is 12.2 Å². The molecule has 0 aromatic rings. The molecule has 8 nitrogen and oxygen atoms in total. The summed E-state index contributed by atoms with van der Waals surface area (Å²) in [6, 6.07) is -0.687. The molecule has 2 N–H and O–H groups in total. The van der Waals surface area contributed by atoms with Gasteiger partial charge in [0.15, 0.2) is 0 Å². The second kappa shape index (κ2) is 12.2. The topological polar surface area (TPSA) is 103 Å². The van der Waals surface area contributed by atoms with Crippen LogP contribution in [-0.2, 0) is 19.0 Å². The molecule has 0 spiro atoms. The predicted octanol–water partition coefficient (Wildman–Crippen LogP) is 1.13. The molecule has 0 aliphatic rings. The highest BCUT2D eigenvalue weighted by Gasteiger charge is 2.19. The number of alkyl carbamates (subject to hydrolysis) is 2. The van der Waals surface area contributed by atoms with Crippen LogP contribution >= 0.6 is 0 Å². The van der Waals surface area contributed by atoms with Crippen LogP contribution in [0.2, 0.25) is 0 Å². The lowest BCUT2D eigenvalue weighted by atomic mass is 10.2. The molecule has 0 aromatic heterocycles. The smallest absolute Gasteiger partial charge is 0.407 e. The van der Waals surface area contributed by atoms with E-state index in [-0.39, 0.29) is 32.8 Å². The van der Waals surface area contributed by atoms with Crippen molar-refractivity contribution in [3.8, 4) is 0 Å². The summed E-state index contributed by atoms with van der Waals surface area (Å²) in [5, 5.41) is 4.87. The summed E-state index contributed by atoms with van der Waals surface area (Å²) in [7, 11) is 0. The lowest BCUT2D eigenvalue weighted by molar-refractivity contribution is -0.143. The van der Waals surface area contributed by atoms with Gasteiger partial charge in [-0.25, -0.2) is 9.59 Å². The number of nitrogens with one attached hydrogen (secondary N) is 2. The van der Waals surface area contributed by atoms with Gasteiger partial charge in [0.05, 0.1) is 19.1 Å². The predicted molar refractivity (Wildman–Crippen MR) is 79.3 cm³/mol. The van der Waals surface area contributed by atoms with E-state index in [1.807, 2.05) is 0 Å². The third-order valence-electron chi connectivity index (χ3n) is 2.20. The van der Waals surface area contributed by atoms with Gasteiger partial charge in [0, 0.05) is 6.54 Å². The van der Waals surface area contributed by atoms with Crippen LogP contribution in [0, 0.1) is 0 Å². The van der Waals surface area contributed by atoms with Crippen molar-refractivity contribution in [2.75, 3.05) is 26.4 Å². The van der Waals surface area contributed by atoms with Crippen LogP contribution in [0.3, 0.4) is 0 Å². The molecule has 0 radical (unpaired) electrons. The maximum absolute atomic E-state index is 11.5. The molecule has 22 heavy (non-hydrogen) atoms. The normalized spacial score (nSPS) is 10.8. The van der Waals surface area contributed by atoms with Crippen molar-refractivity contribution in [1.82, 2.24) is 10.6 Å². The summed E-state index contributed by atoms with van der Waals surface area (Å²) in [5.74, 6) is -0.502. The molecule has 0 aromatic carbocycles. The highest BCUT2D eigenvalue weighted by atomic mass is 16.6. The highest BCUT2D eigenvalue weighted by molar-refractivity contribution is 5.73. The molecule has 8 heteroatoms. The number of hydrogen-bond donors (Lipinski definition) is 2. The summed E-state index contributed by atoms with van der Waals surface area (Å²) in [6.07, 6.45) is 1.30. The van der Waals surface area contributed by atoms with Gasteiger partial charge in [0.25, 0.3) is 0 Å². The van der Waals surface area contributed by atoms with E-state index in [0.29, 0.717) is 0 Å². The fourth-order valence-electron chi connectivity index (χ4n) is 1.33. The molecule has 0 saturated heterocycles. The van der Waals surface area contributed by atoms with E-state index in [9.17, 15) is 14.4 Å². The minimum absolute atomic E-state index is 0.0159. The number of hydrogen-bond acceptors (Lipinski definition) is 6. The lowest BCUT2D eigenvalue weighted by Gasteiger charge is -2.18. The van der Waals surface area contributed by atoms with Crippen molar-refractivity contribution in [2.24, 2.45) is 0 Å². The number of ether oxygens (including phenoxy) is 3. The molecule has 2 amide bonds. The summed E-state index contributed by atoms with van der Waals surface area (Å²) < 4.78 is 14.3. The molecule has 1 atom stereocenters. The van der Waals surface area contributed by atoms with Crippen molar-refractivity contribution < 1.29 is 28.6 Å². The van der Waals surface area contributed by atoms with Gasteiger partial charge in [-0.1, -0.05) is 25.3 Å². The quantitative estimate of drug-likeness (QED) is 0.356. The van der Waals surface area contributed by atoms with Crippen LogP contribution < -0.4 is 10.6 Å². The number of amides is 2. The maximum atomic E-state index is 11.5. The zero-order valence-electron chi connectivity index (χ0n) is 12.6. The Morgan fingerprint density at radius 3 is 2.18 bits per heavy atom. The van der Waals surface area contributed by atoms with Crippen LogP contribution in [0.25, 0.3) is 0 Å². The molecule has 0 bridgehead atoms. The molecule has 0 heterocycles. The Bertz CT molecular complexity index is 397. The third-order valence-corrected chi connectivity index (χ3v) is 2.20.